The average molecular weight is 369 g/mol. The maximum atomic E-state index is 12.4. The zero-order valence-electron chi connectivity index (χ0n) is 15.7. The van der Waals surface area contributed by atoms with Crippen LogP contribution in [0.2, 0.25) is 0 Å². The number of carbonyl (C=O) groups excluding carboxylic acids is 1. The molecule has 142 valence electrons. The number of aromatic carboxylic acids is 1. The number of carboxylic acids is 1. The summed E-state index contributed by atoms with van der Waals surface area (Å²) in [7, 11) is 0. The van der Waals surface area contributed by atoms with Crippen LogP contribution in [0.5, 0.6) is 0 Å². The third-order valence-corrected chi connectivity index (χ3v) is 4.32. The Morgan fingerprint density at radius 1 is 1.15 bits per heavy atom. The lowest BCUT2D eigenvalue weighted by Crippen LogP contribution is -2.36. The predicted octanol–water partition coefficient (Wildman–Crippen LogP) is 3.91. The molecule has 1 aliphatic rings. The van der Waals surface area contributed by atoms with Crippen LogP contribution < -0.4 is 0 Å². The van der Waals surface area contributed by atoms with E-state index >= 15 is 0 Å². The van der Waals surface area contributed by atoms with Gasteiger partial charge in [-0.25, -0.2) is 9.59 Å². The maximum Gasteiger partial charge on any atom is 0.410 e. The van der Waals surface area contributed by atoms with Crippen molar-refractivity contribution in [2.45, 2.75) is 45.3 Å². The lowest BCUT2D eigenvalue weighted by molar-refractivity contribution is 0.0221. The minimum atomic E-state index is -0.966. The molecule has 7 heteroatoms. The molecule has 7 nitrogen and oxygen atoms in total. The summed E-state index contributed by atoms with van der Waals surface area (Å²) in [6.45, 7) is 6.18. The van der Waals surface area contributed by atoms with E-state index in [-0.39, 0.29) is 17.7 Å². The topological polar surface area (TPSA) is 92.6 Å². The third kappa shape index (κ3) is 4.42. The first-order chi connectivity index (χ1) is 12.7. The van der Waals surface area contributed by atoms with Crippen LogP contribution in [0.15, 0.2) is 36.7 Å². The molecule has 2 aromatic rings. The monoisotopic (exact) mass is 369 g/mol. The highest BCUT2D eigenvalue weighted by atomic mass is 16.6. The van der Waals surface area contributed by atoms with E-state index in [2.05, 4.69) is 9.97 Å². The number of aromatic nitrogens is 2. The van der Waals surface area contributed by atoms with Gasteiger partial charge >= 0.3 is 12.1 Å². The normalized spacial score (nSPS) is 17.0. The molecular formula is C20H23N3O4. The third-order valence-electron chi connectivity index (χ3n) is 4.32. The molecule has 2 heterocycles. The average Bonchev–Trinajstić information content (AvgIpc) is 3.10. The number of carbonyl (C=O) groups is 2. The lowest BCUT2D eigenvalue weighted by Gasteiger charge is -2.28. The largest absolute Gasteiger partial charge is 0.478 e. The molecule has 1 aliphatic heterocycles. The fourth-order valence-corrected chi connectivity index (χ4v) is 3.06. The van der Waals surface area contributed by atoms with E-state index in [1.165, 1.54) is 12.1 Å². The van der Waals surface area contributed by atoms with Crippen molar-refractivity contribution in [2.24, 2.45) is 0 Å². The first-order valence-corrected chi connectivity index (χ1v) is 8.90. The van der Waals surface area contributed by atoms with Gasteiger partial charge in [0.15, 0.2) is 0 Å². The van der Waals surface area contributed by atoms with Crippen LogP contribution in [0, 0.1) is 0 Å². The van der Waals surface area contributed by atoms with Gasteiger partial charge in [-0.05, 0) is 45.7 Å². The van der Waals surface area contributed by atoms with E-state index < -0.39 is 11.6 Å². The summed E-state index contributed by atoms with van der Waals surface area (Å²) in [6.07, 6.45) is 4.70. The highest BCUT2D eigenvalue weighted by Crippen LogP contribution is 2.32. The van der Waals surface area contributed by atoms with Crippen LogP contribution in [-0.4, -0.2) is 44.2 Å². The van der Waals surface area contributed by atoms with Gasteiger partial charge in [-0.3, -0.25) is 14.9 Å². The fourth-order valence-electron chi connectivity index (χ4n) is 3.06. The molecule has 1 unspecified atom stereocenters. The van der Waals surface area contributed by atoms with Crippen molar-refractivity contribution in [3.63, 3.8) is 0 Å². The summed E-state index contributed by atoms with van der Waals surface area (Å²) < 4.78 is 5.49. The van der Waals surface area contributed by atoms with Crippen LogP contribution in [0.4, 0.5) is 4.79 Å². The quantitative estimate of drug-likeness (QED) is 0.882. The molecule has 1 N–H and O–H groups in total. The van der Waals surface area contributed by atoms with Gasteiger partial charge in [0.1, 0.15) is 5.60 Å². The van der Waals surface area contributed by atoms with Crippen LogP contribution >= 0.6 is 0 Å². The summed E-state index contributed by atoms with van der Waals surface area (Å²) in [5.41, 5.74) is 1.85. The van der Waals surface area contributed by atoms with Crippen LogP contribution in [0.1, 0.15) is 55.7 Å². The van der Waals surface area contributed by atoms with Crippen molar-refractivity contribution in [1.29, 1.82) is 0 Å². The molecule has 1 amide bonds. The van der Waals surface area contributed by atoms with Gasteiger partial charge in [-0.1, -0.05) is 12.1 Å². The molecule has 27 heavy (non-hydrogen) atoms. The number of amides is 1. The Hall–Kier alpha value is -2.96. The van der Waals surface area contributed by atoms with Gasteiger partial charge < -0.3 is 9.84 Å². The predicted molar refractivity (Wildman–Crippen MR) is 99.3 cm³/mol. The van der Waals surface area contributed by atoms with Gasteiger partial charge in [0, 0.05) is 12.1 Å². The van der Waals surface area contributed by atoms with E-state index in [1.54, 1.807) is 29.4 Å². The van der Waals surface area contributed by atoms with E-state index in [0.717, 1.165) is 24.1 Å². The molecule has 0 aliphatic carbocycles. The van der Waals surface area contributed by atoms with E-state index in [1.807, 2.05) is 20.8 Å². The smallest absolute Gasteiger partial charge is 0.410 e. The van der Waals surface area contributed by atoms with Gasteiger partial charge in [0.2, 0.25) is 0 Å². The van der Waals surface area contributed by atoms with Gasteiger partial charge in [0.25, 0.3) is 0 Å². The Bertz CT molecular complexity index is 826. The fraction of sp³-hybridized carbons (Fsp3) is 0.400. The lowest BCUT2D eigenvalue weighted by atomic mass is 10.1. The zero-order valence-corrected chi connectivity index (χ0v) is 15.7. The molecule has 1 aromatic heterocycles. The number of likely N-dealkylation sites (tertiary alicyclic amines) is 1. The molecule has 0 spiro atoms. The number of ether oxygens (including phenoxy) is 1. The first-order valence-electron chi connectivity index (χ1n) is 8.90. The molecule has 1 saturated heterocycles. The molecule has 1 aromatic carbocycles. The van der Waals surface area contributed by atoms with Crippen molar-refractivity contribution in [3.8, 4) is 11.3 Å². The molecule has 0 saturated carbocycles. The molecule has 0 radical (unpaired) electrons. The standard InChI is InChI=1S/C20H23N3O4/c1-20(2,3)27-19(26)23-10-4-5-17(23)16-12-21-15(11-22-16)13-6-8-14(9-7-13)18(24)25/h6-9,11-12,17H,4-5,10H2,1-3H3,(H,24,25). The Kier molecular flexibility index (Phi) is 5.12. The highest BCUT2D eigenvalue weighted by molar-refractivity contribution is 5.88. The van der Waals surface area contributed by atoms with Gasteiger partial charge in [0.05, 0.1) is 35.4 Å². The first kappa shape index (κ1) is 18.8. The van der Waals surface area contributed by atoms with Crippen molar-refractivity contribution >= 4 is 12.1 Å². The number of carboxylic acid groups (broad SMARTS) is 1. The number of hydrogen-bond donors (Lipinski definition) is 1. The SMILES string of the molecule is CC(C)(C)OC(=O)N1CCCC1c1cnc(-c2ccc(C(=O)O)cc2)cn1. The Morgan fingerprint density at radius 2 is 1.85 bits per heavy atom. The molecule has 0 bridgehead atoms. The second-order valence-corrected chi connectivity index (χ2v) is 7.54. The summed E-state index contributed by atoms with van der Waals surface area (Å²) in [5, 5.41) is 8.97. The highest BCUT2D eigenvalue weighted by Gasteiger charge is 2.34. The molecule has 1 fully saturated rings. The minimum absolute atomic E-state index is 0.143. The van der Waals surface area contributed by atoms with Gasteiger partial charge in [-0.15, -0.1) is 0 Å². The maximum absolute atomic E-state index is 12.4. The minimum Gasteiger partial charge on any atom is -0.478 e. The summed E-state index contributed by atoms with van der Waals surface area (Å²) >= 11 is 0. The van der Waals surface area contributed by atoms with Crippen LogP contribution in [-0.2, 0) is 4.74 Å². The second kappa shape index (κ2) is 7.34. The second-order valence-electron chi connectivity index (χ2n) is 7.54. The Labute approximate surface area is 158 Å². The molecule has 3 rings (SSSR count). The summed E-state index contributed by atoms with van der Waals surface area (Å²) in [6, 6.07) is 6.34. The van der Waals surface area contributed by atoms with Crippen molar-refractivity contribution in [3.05, 3.63) is 47.9 Å². The van der Waals surface area contributed by atoms with Crippen LogP contribution in [0.3, 0.4) is 0 Å². The Balaban J connectivity index is 1.76. The van der Waals surface area contributed by atoms with Gasteiger partial charge in [-0.2, -0.15) is 0 Å². The zero-order chi connectivity index (χ0) is 19.6. The summed E-state index contributed by atoms with van der Waals surface area (Å²) in [4.78, 5) is 34.0. The van der Waals surface area contributed by atoms with Crippen molar-refractivity contribution in [1.82, 2.24) is 14.9 Å². The van der Waals surface area contributed by atoms with E-state index in [0.29, 0.717) is 12.2 Å². The van der Waals surface area contributed by atoms with E-state index in [9.17, 15) is 9.59 Å². The van der Waals surface area contributed by atoms with E-state index in [4.69, 9.17) is 9.84 Å². The van der Waals surface area contributed by atoms with Crippen LogP contribution in [0.25, 0.3) is 11.3 Å². The van der Waals surface area contributed by atoms with Crippen molar-refractivity contribution in [2.75, 3.05) is 6.54 Å². The number of nitrogens with zero attached hydrogens (tertiary/aromatic N) is 3. The number of benzene rings is 1. The molecule has 1 atom stereocenters. The molecular weight excluding hydrogens is 346 g/mol. The Morgan fingerprint density at radius 3 is 2.41 bits per heavy atom. The number of hydrogen-bond acceptors (Lipinski definition) is 5. The summed E-state index contributed by atoms with van der Waals surface area (Å²) in [5.74, 6) is -0.966. The van der Waals surface area contributed by atoms with Crippen molar-refractivity contribution < 1.29 is 19.4 Å². The number of rotatable bonds is 3.